The molecule has 0 fully saturated rings. The molecule has 0 aromatic carbocycles. The first-order valence-corrected chi connectivity index (χ1v) is 6.47. The van der Waals surface area contributed by atoms with Gasteiger partial charge in [-0.25, -0.2) is 0 Å². The molecule has 0 radical (unpaired) electrons. The van der Waals surface area contributed by atoms with Gasteiger partial charge in [-0.1, -0.05) is 29.9 Å². The molecule has 0 N–H and O–H groups in total. The van der Waals surface area contributed by atoms with Crippen LogP contribution in [0.4, 0.5) is 0 Å². The fourth-order valence-electron chi connectivity index (χ4n) is 1.61. The van der Waals surface area contributed by atoms with E-state index in [-0.39, 0.29) is 0 Å². The van der Waals surface area contributed by atoms with Gasteiger partial charge in [0.1, 0.15) is 5.60 Å². The number of rotatable bonds is 9. The number of carbonyl (C=O) groups excluding carboxylic acids is 1. The zero-order valence-electron chi connectivity index (χ0n) is 12.2. The van der Waals surface area contributed by atoms with Crippen LogP contribution in [-0.2, 0) is 9.53 Å². The molecule has 2 heteroatoms. The highest BCUT2D eigenvalue weighted by Gasteiger charge is 2.19. The van der Waals surface area contributed by atoms with Gasteiger partial charge in [0.15, 0.2) is 0 Å². The van der Waals surface area contributed by atoms with Crippen LogP contribution >= 0.6 is 0 Å². The van der Waals surface area contributed by atoms with E-state index in [4.69, 9.17) is 4.74 Å². The maximum absolute atomic E-state index is 10.4. The van der Waals surface area contributed by atoms with Gasteiger partial charge in [0, 0.05) is 0 Å². The van der Waals surface area contributed by atoms with Gasteiger partial charge in [-0.3, -0.25) is 4.79 Å². The van der Waals surface area contributed by atoms with E-state index in [2.05, 4.69) is 39.5 Å². The quantitative estimate of drug-likeness (QED) is 0.442. The molecule has 0 bridgehead atoms. The number of carbonyl (C=O) groups is 1. The van der Waals surface area contributed by atoms with Crippen molar-refractivity contribution in [2.24, 2.45) is 0 Å². The summed E-state index contributed by atoms with van der Waals surface area (Å²) in [5.41, 5.74) is 2.20. The van der Waals surface area contributed by atoms with Crippen LogP contribution in [0, 0.1) is 0 Å². The fourth-order valence-corrected chi connectivity index (χ4v) is 1.61. The van der Waals surface area contributed by atoms with Crippen molar-refractivity contribution in [1.82, 2.24) is 0 Å². The fraction of sp³-hybridized carbons (Fsp3) is 0.562. The Kier molecular flexibility index (Phi) is 8.10. The smallest absolute Gasteiger partial charge is 0.293 e. The lowest BCUT2D eigenvalue weighted by Gasteiger charge is -2.22. The number of hydrogen-bond donors (Lipinski definition) is 0. The molecule has 1 atom stereocenters. The zero-order chi connectivity index (χ0) is 14.0. The van der Waals surface area contributed by atoms with E-state index < -0.39 is 5.60 Å². The molecule has 0 aromatic heterocycles. The highest BCUT2D eigenvalue weighted by molar-refractivity contribution is 5.39. The zero-order valence-corrected chi connectivity index (χ0v) is 12.2. The maximum Gasteiger partial charge on any atom is 0.293 e. The Morgan fingerprint density at radius 2 is 1.89 bits per heavy atom. The molecule has 0 aliphatic heterocycles. The first kappa shape index (κ1) is 16.7. The molecule has 0 rings (SSSR count). The summed E-state index contributed by atoms with van der Waals surface area (Å²) < 4.78 is 5.04. The van der Waals surface area contributed by atoms with E-state index in [0.29, 0.717) is 6.47 Å². The standard InChI is InChI=1S/C16H26O2/c1-6-16(5,18-13-17)12-8-11-15(4)10-7-9-14(2)3/h6,9,11,13H,1,7-8,10,12H2,2-5H3/t16-/m1/s1. The summed E-state index contributed by atoms with van der Waals surface area (Å²) in [4.78, 5) is 10.4. The SMILES string of the molecule is C=C[C@](C)(CCC=C(C)CCC=C(C)C)OC=O. The monoisotopic (exact) mass is 250 g/mol. The number of hydrogen-bond acceptors (Lipinski definition) is 2. The molecule has 0 saturated carbocycles. The van der Waals surface area contributed by atoms with Crippen molar-refractivity contribution in [3.8, 4) is 0 Å². The molecule has 0 aromatic rings. The second-order valence-electron chi connectivity index (χ2n) is 5.14. The summed E-state index contributed by atoms with van der Waals surface area (Å²) in [5.74, 6) is 0. The Morgan fingerprint density at radius 3 is 2.39 bits per heavy atom. The number of ether oxygens (including phenoxy) is 1. The van der Waals surface area contributed by atoms with Crippen molar-refractivity contribution in [1.29, 1.82) is 0 Å². The Bertz CT molecular complexity index is 322. The lowest BCUT2D eigenvalue weighted by Crippen LogP contribution is -2.24. The van der Waals surface area contributed by atoms with Gasteiger partial charge in [0.05, 0.1) is 0 Å². The minimum Gasteiger partial charge on any atom is -0.457 e. The highest BCUT2D eigenvalue weighted by Crippen LogP contribution is 2.19. The van der Waals surface area contributed by atoms with Gasteiger partial charge < -0.3 is 4.74 Å². The lowest BCUT2D eigenvalue weighted by atomic mass is 9.98. The maximum atomic E-state index is 10.4. The van der Waals surface area contributed by atoms with E-state index in [9.17, 15) is 4.79 Å². The summed E-state index contributed by atoms with van der Waals surface area (Å²) in [6.45, 7) is 12.5. The summed E-state index contributed by atoms with van der Waals surface area (Å²) in [6, 6.07) is 0. The van der Waals surface area contributed by atoms with E-state index in [0.717, 1.165) is 25.7 Å². The topological polar surface area (TPSA) is 26.3 Å². The van der Waals surface area contributed by atoms with Crippen molar-refractivity contribution < 1.29 is 9.53 Å². The van der Waals surface area contributed by atoms with Crippen LogP contribution in [0.3, 0.4) is 0 Å². The third-order valence-electron chi connectivity index (χ3n) is 2.97. The summed E-state index contributed by atoms with van der Waals surface area (Å²) in [7, 11) is 0. The predicted octanol–water partition coefficient (Wildman–Crippen LogP) is 4.58. The molecule has 0 saturated heterocycles. The molecular weight excluding hydrogens is 224 g/mol. The first-order chi connectivity index (χ1) is 8.43. The summed E-state index contributed by atoms with van der Waals surface area (Å²) in [5, 5.41) is 0. The average molecular weight is 250 g/mol. The van der Waals surface area contributed by atoms with Gasteiger partial charge in [-0.2, -0.15) is 0 Å². The van der Waals surface area contributed by atoms with Crippen LogP contribution in [0.15, 0.2) is 36.0 Å². The second kappa shape index (κ2) is 8.73. The van der Waals surface area contributed by atoms with Gasteiger partial charge in [0.2, 0.25) is 0 Å². The van der Waals surface area contributed by atoms with Crippen LogP contribution in [0.25, 0.3) is 0 Å². The van der Waals surface area contributed by atoms with Gasteiger partial charge in [-0.15, -0.1) is 0 Å². The van der Waals surface area contributed by atoms with Crippen molar-refractivity contribution in [2.45, 2.75) is 59.0 Å². The van der Waals surface area contributed by atoms with Crippen LogP contribution in [0.2, 0.25) is 0 Å². The van der Waals surface area contributed by atoms with E-state index in [1.54, 1.807) is 6.08 Å². The third kappa shape index (κ3) is 7.88. The molecule has 0 aliphatic rings. The molecule has 102 valence electrons. The minimum atomic E-state index is -0.543. The molecule has 0 aliphatic carbocycles. The van der Waals surface area contributed by atoms with E-state index in [1.165, 1.54) is 11.1 Å². The number of allylic oxidation sites excluding steroid dienone is 4. The van der Waals surface area contributed by atoms with Gasteiger partial charge in [0.25, 0.3) is 6.47 Å². The van der Waals surface area contributed by atoms with Crippen molar-refractivity contribution in [2.75, 3.05) is 0 Å². The first-order valence-electron chi connectivity index (χ1n) is 6.47. The van der Waals surface area contributed by atoms with E-state index >= 15 is 0 Å². The van der Waals surface area contributed by atoms with Crippen molar-refractivity contribution in [3.63, 3.8) is 0 Å². The average Bonchev–Trinajstić information content (AvgIpc) is 2.29. The van der Waals surface area contributed by atoms with Crippen LogP contribution < -0.4 is 0 Å². The molecule has 0 unspecified atom stereocenters. The van der Waals surface area contributed by atoms with Crippen molar-refractivity contribution in [3.05, 3.63) is 36.0 Å². The van der Waals surface area contributed by atoms with Crippen LogP contribution in [-0.4, -0.2) is 12.1 Å². The summed E-state index contributed by atoms with van der Waals surface area (Å²) >= 11 is 0. The minimum absolute atomic E-state index is 0.493. The van der Waals surface area contributed by atoms with E-state index in [1.807, 2.05) is 6.92 Å². The van der Waals surface area contributed by atoms with Gasteiger partial charge in [-0.05, 0) is 59.5 Å². The highest BCUT2D eigenvalue weighted by atomic mass is 16.5. The predicted molar refractivity (Wildman–Crippen MR) is 77.4 cm³/mol. The lowest BCUT2D eigenvalue weighted by molar-refractivity contribution is -0.138. The summed E-state index contributed by atoms with van der Waals surface area (Å²) in [6.07, 6.45) is 10.0. The largest absolute Gasteiger partial charge is 0.457 e. The Hall–Kier alpha value is -1.31. The Labute approximate surface area is 111 Å². The Balaban J connectivity index is 4.09. The molecule has 0 spiro atoms. The van der Waals surface area contributed by atoms with Gasteiger partial charge >= 0.3 is 0 Å². The molecule has 18 heavy (non-hydrogen) atoms. The molecule has 0 heterocycles. The van der Waals surface area contributed by atoms with Crippen LogP contribution in [0.5, 0.6) is 0 Å². The molecular formula is C16H26O2. The van der Waals surface area contributed by atoms with Crippen molar-refractivity contribution >= 4 is 6.47 Å². The Morgan fingerprint density at radius 1 is 1.22 bits per heavy atom. The normalized spacial score (nSPS) is 14.6. The second-order valence-corrected chi connectivity index (χ2v) is 5.14. The molecule has 0 amide bonds. The molecule has 2 nitrogen and oxygen atoms in total. The third-order valence-corrected chi connectivity index (χ3v) is 2.97. The van der Waals surface area contributed by atoms with Crippen LogP contribution in [0.1, 0.15) is 53.4 Å².